The third-order valence-electron chi connectivity index (χ3n) is 6.90. The SMILES string of the molecule is CC(CNC(=O)OC1(c2ccccc2)CCN(C(=O)CCc2ccccc2)CC1)c1ccccc1. The van der Waals surface area contributed by atoms with E-state index in [2.05, 4.69) is 36.5 Å². The van der Waals surface area contributed by atoms with Crippen LogP contribution in [-0.2, 0) is 21.6 Å². The lowest BCUT2D eigenvalue weighted by atomic mass is 9.84. The molecule has 5 heteroatoms. The van der Waals surface area contributed by atoms with Gasteiger partial charge in [0.15, 0.2) is 0 Å². The van der Waals surface area contributed by atoms with Crippen LogP contribution in [0.1, 0.15) is 48.8 Å². The van der Waals surface area contributed by atoms with E-state index >= 15 is 0 Å². The van der Waals surface area contributed by atoms with Gasteiger partial charge in [0.1, 0.15) is 5.60 Å². The van der Waals surface area contributed by atoms with Crippen LogP contribution >= 0.6 is 0 Å². The molecule has 182 valence electrons. The Bertz CT molecular complexity index is 1080. The number of rotatable bonds is 8. The van der Waals surface area contributed by atoms with E-state index in [0.29, 0.717) is 38.9 Å². The van der Waals surface area contributed by atoms with Crippen LogP contribution in [-0.4, -0.2) is 36.5 Å². The van der Waals surface area contributed by atoms with Gasteiger partial charge in [-0.15, -0.1) is 0 Å². The molecule has 1 unspecified atom stereocenters. The first kappa shape index (κ1) is 24.5. The molecule has 2 amide bonds. The van der Waals surface area contributed by atoms with Gasteiger partial charge < -0.3 is 15.0 Å². The van der Waals surface area contributed by atoms with Gasteiger partial charge in [-0.05, 0) is 29.0 Å². The Balaban J connectivity index is 1.36. The topological polar surface area (TPSA) is 58.6 Å². The van der Waals surface area contributed by atoms with E-state index in [9.17, 15) is 9.59 Å². The first-order valence-electron chi connectivity index (χ1n) is 12.4. The van der Waals surface area contributed by atoms with Crippen LogP contribution in [0, 0.1) is 0 Å². The molecule has 4 rings (SSSR count). The van der Waals surface area contributed by atoms with Crippen molar-refractivity contribution in [2.24, 2.45) is 0 Å². The lowest BCUT2D eigenvalue weighted by molar-refractivity contribution is -0.135. The summed E-state index contributed by atoms with van der Waals surface area (Å²) in [6.45, 7) is 3.71. The molecule has 5 nitrogen and oxygen atoms in total. The zero-order valence-corrected chi connectivity index (χ0v) is 20.4. The maximum Gasteiger partial charge on any atom is 0.408 e. The van der Waals surface area contributed by atoms with Gasteiger partial charge in [-0.25, -0.2) is 4.79 Å². The van der Waals surface area contributed by atoms with E-state index < -0.39 is 11.7 Å². The van der Waals surface area contributed by atoms with Crippen LogP contribution in [0.25, 0.3) is 0 Å². The average Bonchev–Trinajstić information content (AvgIpc) is 2.92. The number of hydrogen-bond donors (Lipinski definition) is 1. The van der Waals surface area contributed by atoms with Crippen LogP contribution in [0.4, 0.5) is 4.79 Å². The van der Waals surface area contributed by atoms with Crippen LogP contribution in [0.5, 0.6) is 0 Å². The summed E-state index contributed by atoms with van der Waals surface area (Å²) in [5.41, 5.74) is 2.58. The van der Waals surface area contributed by atoms with Crippen molar-refractivity contribution >= 4 is 12.0 Å². The minimum atomic E-state index is -0.739. The summed E-state index contributed by atoms with van der Waals surface area (Å²) in [6, 6.07) is 30.1. The molecule has 1 atom stereocenters. The Morgan fingerprint density at radius 3 is 2.09 bits per heavy atom. The zero-order valence-electron chi connectivity index (χ0n) is 20.4. The predicted molar refractivity (Wildman–Crippen MR) is 138 cm³/mol. The fraction of sp³-hybridized carbons (Fsp3) is 0.333. The largest absolute Gasteiger partial charge is 0.438 e. The second-order valence-electron chi connectivity index (χ2n) is 9.31. The van der Waals surface area contributed by atoms with Crippen LogP contribution < -0.4 is 5.32 Å². The number of piperidine rings is 1. The second kappa shape index (κ2) is 11.7. The first-order chi connectivity index (χ1) is 17.1. The highest BCUT2D eigenvalue weighted by atomic mass is 16.6. The van der Waals surface area contributed by atoms with Gasteiger partial charge in [0.25, 0.3) is 0 Å². The molecule has 3 aromatic carbocycles. The molecule has 1 aliphatic rings. The molecule has 3 aromatic rings. The summed E-state index contributed by atoms with van der Waals surface area (Å²) >= 11 is 0. The molecule has 0 aromatic heterocycles. The lowest BCUT2D eigenvalue weighted by Crippen LogP contribution is -2.48. The minimum absolute atomic E-state index is 0.150. The van der Waals surface area contributed by atoms with Crippen molar-refractivity contribution in [2.75, 3.05) is 19.6 Å². The summed E-state index contributed by atoms with van der Waals surface area (Å²) in [4.78, 5) is 27.7. The summed E-state index contributed by atoms with van der Waals surface area (Å²) < 4.78 is 6.12. The number of ether oxygens (including phenoxy) is 1. The molecule has 1 N–H and O–H groups in total. The Labute approximate surface area is 208 Å². The number of likely N-dealkylation sites (tertiary alicyclic amines) is 1. The fourth-order valence-corrected chi connectivity index (χ4v) is 4.71. The standard InChI is InChI=1S/C30H34N2O3/c1-24(26-13-7-3-8-14-26)23-31-29(34)35-30(27-15-9-4-10-16-27)19-21-32(22-20-30)28(33)18-17-25-11-5-2-6-12-25/h2-16,24H,17-23H2,1H3,(H,31,34). The van der Waals surface area contributed by atoms with Gasteiger partial charge >= 0.3 is 6.09 Å². The van der Waals surface area contributed by atoms with Gasteiger partial charge in [0, 0.05) is 38.9 Å². The number of nitrogens with one attached hydrogen (secondary N) is 1. The van der Waals surface area contributed by atoms with Crippen LogP contribution in [0.2, 0.25) is 0 Å². The quantitative estimate of drug-likeness (QED) is 0.462. The van der Waals surface area contributed by atoms with E-state index in [4.69, 9.17) is 4.74 Å². The fourth-order valence-electron chi connectivity index (χ4n) is 4.71. The maximum atomic E-state index is 12.9. The van der Waals surface area contributed by atoms with Crippen molar-refractivity contribution in [3.8, 4) is 0 Å². The number of carbonyl (C=O) groups excluding carboxylic acids is 2. The first-order valence-corrected chi connectivity index (χ1v) is 12.4. The highest BCUT2D eigenvalue weighted by Gasteiger charge is 2.41. The Morgan fingerprint density at radius 2 is 1.46 bits per heavy atom. The number of carbonyl (C=O) groups is 2. The number of hydrogen-bond acceptors (Lipinski definition) is 3. The Hall–Kier alpha value is -3.60. The summed E-state index contributed by atoms with van der Waals surface area (Å²) in [5.74, 6) is 0.331. The molecular weight excluding hydrogens is 436 g/mol. The van der Waals surface area contributed by atoms with E-state index in [0.717, 1.165) is 12.0 Å². The van der Waals surface area contributed by atoms with Crippen LogP contribution in [0.3, 0.4) is 0 Å². The smallest absolute Gasteiger partial charge is 0.408 e. The molecule has 1 aliphatic heterocycles. The zero-order chi connectivity index (χ0) is 24.5. The van der Waals surface area contributed by atoms with E-state index in [1.165, 1.54) is 11.1 Å². The molecule has 0 radical (unpaired) electrons. The Morgan fingerprint density at radius 1 is 0.886 bits per heavy atom. The predicted octanol–water partition coefficient (Wildman–Crippen LogP) is 5.67. The number of amides is 2. The van der Waals surface area contributed by atoms with Crippen molar-refractivity contribution in [3.05, 3.63) is 108 Å². The molecule has 1 saturated heterocycles. The number of aryl methyl sites for hydroxylation is 1. The third-order valence-corrected chi connectivity index (χ3v) is 6.90. The summed E-state index contributed by atoms with van der Waals surface area (Å²) in [6.07, 6.45) is 1.96. The number of nitrogens with zero attached hydrogens (tertiary/aromatic N) is 1. The van der Waals surface area contributed by atoms with Gasteiger partial charge in [0.05, 0.1) is 0 Å². The minimum Gasteiger partial charge on any atom is -0.438 e. The molecule has 35 heavy (non-hydrogen) atoms. The van der Waals surface area contributed by atoms with Gasteiger partial charge in [-0.1, -0.05) is 97.9 Å². The summed E-state index contributed by atoms with van der Waals surface area (Å²) in [7, 11) is 0. The van der Waals surface area contributed by atoms with Gasteiger partial charge in [-0.2, -0.15) is 0 Å². The van der Waals surface area contributed by atoms with Crippen molar-refractivity contribution in [1.82, 2.24) is 10.2 Å². The molecule has 0 bridgehead atoms. The highest BCUT2D eigenvalue weighted by molar-refractivity contribution is 5.76. The average molecular weight is 471 g/mol. The molecule has 0 saturated carbocycles. The van der Waals surface area contributed by atoms with Crippen molar-refractivity contribution in [1.29, 1.82) is 0 Å². The third kappa shape index (κ3) is 6.50. The normalized spacial score (nSPS) is 15.7. The van der Waals surface area contributed by atoms with Crippen molar-refractivity contribution in [2.45, 2.75) is 44.1 Å². The number of benzene rings is 3. The molecule has 1 heterocycles. The van der Waals surface area contributed by atoms with Crippen LogP contribution in [0.15, 0.2) is 91.0 Å². The maximum absolute atomic E-state index is 12.9. The second-order valence-corrected chi connectivity index (χ2v) is 9.31. The molecule has 1 fully saturated rings. The van der Waals surface area contributed by atoms with Gasteiger partial charge in [-0.3, -0.25) is 4.79 Å². The highest BCUT2D eigenvalue weighted by Crippen LogP contribution is 2.37. The monoisotopic (exact) mass is 470 g/mol. The number of alkyl carbamates (subject to hydrolysis) is 1. The van der Waals surface area contributed by atoms with Crippen molar-refractivity contribution in [3.63, 3.8) is 0 Å². The van der Waals surface area contributed by atoms with Gasteiger partial charge in [0.2, 0.25) is 5.91 Å². The van der Waals surface area contributed by atoms with E-state index in [-0.39, 0.29) is 11.8 Å². The lowest BCUT2D eigenvalue weighted by Gasteiger charge is -2.41. The molecule has 0 spiro atoms. The van der Waals surface area contributed by atoms with E-state index in [1.54, 1.807) is 0 Å². The van der Waals surface area contributed by atoms with Crippen molar-refractivity contribution < 1.29 is 14.3 Å². The summed E-state index contributed by atoms with van der Waals surface area (Å²) in [5, 5.41) is 2.95. The van der Waals surface area contributed by atoms with E-state index in [1.807, 2.05) is 71.6 Å². The molecule has 0 aliphatic carbocycles. The Kier molecular flexibility index (Phi) is 8.19. The molecular formula is C30H34N2O3.